The van der Waals surface area contributed by atoms with Gasteiger partial charge in [-0.25, -0.2) is 0 Å². The van der Waals surface area contributed by atoms with Gasteiger partial charge in [0.25, 0.3) is 0 Å². The van der Waals surface area contributed by atoms with Crippen LogP contribution in [0.4, 0.5) is 0 Å². The maximum absolute atomic E-state index is 12.5. The van der Waals surface area contributed by atoms with Gasteiger partial charge in [0.05, 0.1) is 6.61 Å². The normalized spacial score (nSPS) is 28.4. The second-order valence-corrected chi connectivity index (χ2v) is 7.10. The van der Waals surface area contributed by atoms with Gasteiger partial charge in [0.2, 0.25) is 5.91 Å². The number of allylic oxidation sites excluding steroid dienone is 1. The Morgan fingerprint density at radius 2 is 2.14 bits per heavy atom. The Morgan fingerprint density at radius 1 is 1.36 bits per heavy atom. The molecule has 3 rings (SSSR count). The van der Waals surface area contributed by atoms with Gasteiger partial charge in [-0.1, -0.05) is 6.08 Å². The van der Waals surface area contributed by atoms with Crippen molar-refractivity contribution in [3.63, 3.8) is 0 Å². The van der Waals surface area contributed by atoms with E-state index in [1.54, 1.807) is 0 Å². The van der Waals surface area contributed by atoms with Crippen molar-refractivity contribution in [1.29, 1.82) is 0 Å². The molecule has 0 aromatic carbocycles. The minimum absolute atomic E-state index is 0.305. The second kappa shape index (κ2) is 6.71. The van der Waals surface area contributed by atoms with E-state index < -0.39 is 0 Å². The van der Waals surface area contributed by atoms with Crippen molar-refractivity contribution in [2.45, 2.75) is 63.5 Å². The number of piperidine rings is 1. The number of amides is 1. The predicted octanol–water partition coefficient (Wildman–Crippen LogP) is 2.59. The maximum Gasteiger partial charge on any atom is 0.249 e. The lowest BCUT2D eigenvalue weighted by Crippen LogP contribution is -2.54. The van der Waals surface area contributed by atoms with Crippen molar-refractivity contribution in [3.8, 4) is 0 Å². The summed E-state index contributed by atoms with van der Waals surface area (Å²) in [5.41, 5.74) is 1.37. The summed E-state index contributed by atoms with van der Waals surface area (Å²) >= 11 is 0. The van der Waals surface area contributed by atoms with Gasteiger partial charge in [-0.15, -0.1) is 0 Å². The maximum atomic E-state index is 12.5. The fourth-order valence-electron chi connectivity index (χ4n) is 4.44. The molecule has 4 heteroatoms. The van der Waals surface area contributed by atoms with Gasteiger partial charge in [-0.2, -0.15) is 0 Å². The summed E-state index contributed by atoms with van der Waals surface area (Å²) in [6, 6.07) is 0.555. The summed E-state index contributed by atoms with van der Waals surface area (Å²) in [6.07, 6.45) is 10.1. The van der Waals surface area contributed by atoms with Crippen LogP contribution in [0.1, 0.15) is 51.9 Å². The lowest BCUT2D eigenvalue weighted by Gasteiger charge is -2.45. The molecule has 1 amide bonds. The van der Waals surface area contributed by atoms with Gasteiger partial charge in [0.15, 0.2) is 0 Å². The minimum atomic E-state index is 0.305. The van der Waals surface area contributed by atoms with E-state index in [9.17, 15) is 4.79 Å². The molecule has 2 heterocycles. The Balaban J connectivity index is 1.56. The molecule has 1 atom stereocenters. The number of ether oxygens (including phenoxy) is 1. The van der Waals surface area contributed by atoms with Crippen LogP contribution in [0, 0.1) is 0 Å². The average molecular weight is 306 g/mol. The van der Waals surface area contributed by atoms with Crippen LogP contribution in [0.5, 0.6) is 0 Å². The molecule has 4 nitrogen and oxygen atoms in total. The molecule has 1 aliphatic carbocycles. The third-order valence-corrected chi connectivity index (χ3v) is 6.05. The van der Waals surface area contributed by atoms with Gasteiger partial charge in [-0.3, -0.25) is 9.69 Å². The smallest absolute Gasteiger partial charge is 0.249 e. The third-order valence-electron chi connectivity index (χ3n) is 6.05. The molecule has 0 saturated carbocycles. The van der Waals surface area contributed by atoms with Gasteiger partial charge in [0.1, 0.15) is 0 Å². The second-order valence-electron chi connectivity index (χ2n) is 7.10. The zero-order valence-corrected chi connectivity index (χ0v) is 14.1. The zero-order chi connectivity index (χ0) is 15.6. The van der Waals surface area contributed by atoms with E-state index in [0.717, 1.165) is 64.0 Å². The fraction of sp³-hybridized carbons (Fsp3) is 0.833. The van der Waals surface area contributed by atoms with E-state index in [0.29, 0.717) is 17.5 Å². The molecular weight excluding hydrogens is 276 g/mol. The molecule has 0 unspecified atom stereocenters. The number of likely N-dealkylation sites (N-methyl/N-ethyl adjacent to an activating group) is 1. The van der Waals surface area contributed by atoms with E-state index in [1.807, 2.05) is 0 Å². The van der Waals surface area contributed by atoms with Crippen LogP contribution in [0.25, 0.3) is 0 Å². The number of hydrogen-bond acceptors (Lipinski definition) is 3. The first-order chi connectivity index (χ1) is 10.7. The molecule has 0 aromatic heterocycles. The molecule has 0 N–H and O–H groups in total. The Bertz CT molecular complexity index is 438. The number of hydrogen-bond donors (Lipinski definition) is 0. The molecule has 2 aliphatic heterocycles. The van der Waals surface area contributed by atoms with E-state index in [2.05, 4.69) is 29.8 Å². The lowest BCUT2D eigenvalue weighted by atomic mass is 9.85. The third kappa shape index (κ3) is 2.95. The van der Waals surface area contributed by atoms with Crippen molar-refractivity contribution in [2.75, 3.05) is 33.4 Å². The first kappa shape index (κ1) is 16.0. The molecule has 3 aliphatic rings. The highest BCUT2D eigenvalue weighted by Crippen LogP contribution is 2.41. The van der Waals surface area contributed by atoms with Gasteiger partial charge < -0.3 is 9.64 Å². The largest absolute Gasteiger partial charge is 0.380 e. The summed E-state index contributed by atoms with van der Waals surface area (Å²) in [5.74, 6) is 0.305. The standard InChI is InChI=1S/C18H30N2O2/c1-3-22-14-16-8-9-18(19(16)2)10-12-20(13-11-18)17(21)15-6-4-5-7-15/h6,16H,3-5,7-14H2,1-2H3/t16-/m1/s1. The highest BCUT2D eigenvalue weighted by Gasteiger charge is 2.46. The monoisotopic (exact) mass is 306 g/mol. The molecule has 1 spiro atoms. The minimum Gasteiger partial charge on any atom is -0.380 e. The molecule has 2 fully saturated rings. The predicted molar refractivity (Wildman–Crippen MR) is 87.8 cm³/mol. The van der Waals surface area contributed by atoms with Crippen molar-refractivity contribution < 1.29 is 9.53 Å². The summed E-state index contributed by atoms with van der Waals surface area (Å²) in [6.45, 7) is 5.55. The highest BCUT2D eigenvalue weighted by molar-refractivity contribution is 5.93. The Morgan fingerprint density at radius 3 is 2.77 bits per heavy atom. The van der Waals surface area contributed by atoms with E-state index in [1.165, 1.54) is 12.8 Å². The van der Waals surface area contributed by atoms with Crippen LogP contribution < -0.4 is 0 Å². The van der Waals surface area contributed by atoms with Crippen LogP contribution in [0.2, 0.25) is 0 Å². The molecule has 124 valence electrons. The fourth-order valence-corrected chi connectivity index (χ4v) is 4.44. The zero-order valence-electron chi connectivity index (χ0n) is 14.1. The lowest BCUT2D eigenvalue weighted by molar-refractivity contribution is -0.129. The Labute approximate surface area is 134 Å². The number of nitrogens with zero attached hydrogens (tertiary/aromatic N) is 2. The van der Waals surface area contributed by atoms with Crippen molar-refractivity contribution in [3.05, 3.63) is 11.6 Å². The van der Waals surface area contributed by atoms with Gasteiger partial charge in [-0.05, 0) is 58.9 Å². The summed E-state index contributed by atoms with van der Waals surface area (Å²) in [7, 11) is 2.26. The van der Waals surface area contributed by atoms with E-state index in [4.69, 9.17) is 4.74 Å². The van der Waals surface area contributed by atoms with Crippen LogP contribution >= 0.6 is 0 Å². The summed E-state index contributed by atoms with van der Waals surface area (Å²) < 4.78 is 5.64. The van der Waals surface area contributed by atoms with Crippen LogP contribution in [-0.4, -0.2) is 60.6 Å². The van der Waals surface area contributed by atoms with E-state index >= 15 is 0 Å². The molecule has 0 aromatic rings. The Hall–Kier alpha value is -0.870. The highest BCUT2D eigenvalue weighted by atomic mass is 16.5. The van der Waals surface area contributed by atoms with Crippen molar-refractivity contribution in [1.82, 2.24) is 9.80 Å². The van der Waals surface area contributed by atoms with Crippen LogP contribution in [0.15, 0.2) is 11.6 Å². The SMILES string of the molecule is CCOC[C@H]1CCC2(CCN(C(=O)C3=CCCC3)CC2)N1C. The molecule has 0 bridgehead atoms. The number of carbonyl (C=O) groups excluding carboxylic acids is 1. The van der Waals surface area contributed by atoms with Crippen LogP contribution in [0.3, 0.4) is 0 Å². The molecule has 2 saturated heterocycles. The van der Waals surface area contributed by atoms with Crippen LogP contribution in [-0.2, 0) is 9.53 Å². The van der Waals surface area contributed by atoms with Crippen molar-refractivity contribution in [2.24, 2.45) is 0 Å². The summed E-state index contributed by atoms with van der Waals surface area (Å²) in [5, 5.41) is 0. The van der Waals surface area contributed by atoms with Gasteiger partial charge >= 0.3 is 0 Å². The average Bonchev–Trinajstić information content (AvgIpc) is 3.17. The van der Waals surface area contributed by atoms with E-state index in [-0.39, 0.29) is 0 Å². The molecular formula is C18H30N2O2. The number of likely N-dealkylation sites (tertiary alicyclic amines) is 2. The topological polar surface area (TPSA) is 32.8 Å². The quantitative estimate of drug-likeness (QED) is 0.800. The Kier molecular flexibility index (Phi) is 4.88. The van der Waals surface area contributed by atoms with Crippen molar-refractivity contribution >= 4 is 5.91 Å². The van der Waals surface area contributed by atoms with Gasteiger partial charge in [0, 0.05) is 36.9 Å². The summed E-state index contributed by atoms with van der Waals surface area (Å²) in [4.78, 5) is 17.2. The number of carbonyl (C=O) groups is 1. The first-order valence-corrected chi connectivity index (χ1v) is 8.95. The number of rotatable bonds is 4. The molecule has 22 heavy (non-hydrogen) atoms. The first-order valence-electron chi connectivity index (χ1n) is 8.95. The molecule has 0 radical (unpaired) electrons.